The molecule has 1 fully saturated rings. The van der Waals surface area contributed by atoms with Crippen LogP contribution in [0.15, 0.2) is 47.4 Å². The van der Waals surface area contributed by atoms with E-state index in [-0.39, 0.29) is 5.56 Å². The number of hydrogen-bond donors (Lipinski definition) is 1. The summed E-state index contributed by atoms with van der Waals surface area (Å²) in [5.41, 5.74) is 4.85. The Bertz CT molecular complexity index is 1650. The van der Waals surface area contributed by atoms with Crippen molar-refractivity contribution in [2.24, 2.45) is 5.92 Å². The highest BCUT2D eigenvalue weighted by atomic mass is 16.5. The van der Waals surface area contributed by atoms with E-state index in [0.29, 0.717) is 24.6 Å². The van der Waals surface area contributed by atoms with Crippen LogP contribution < -0.4 is 10.3 Å². The van der Waals surface area contributed by atoms with Crippen molar-refractivity contribution in [3.8, 4) is 16.9 Å². The molecule has 196 valence electrons. The fraction of sp³-hybridized carbons (Fsp3) is 0.387. The normalized spacial score (nSPS) is 16.0. The lowest BCUT2D eigenvalue weighted by atomic mass is 9.86. The Morgan fingerprint density at radius 3 is 2.71 bits per heavy atom. The second-order valence-corrected chi connectivity index (χ2v) is 11.5. The number of hydrogen-bond acceptors (Lipinski definition) is 5. The smallest absolute Gasteiger partial charge is 0.337 e. The van der Waals surface area contributed by atoms with Crippen molar-refractivity contribution in [2.45, 2.75) is 65.2 Å². The van der Waals surface area contributed by atoms with Gasteiger partial charge in [-0.25, -0.2) is 4.79 Å². The predicted molar refractivity (Wildman–Crippen MR) is 147 cm³/mol. The Labute approximate surface area is 221 Å². The lowest BCUT2D eigenvalue weighted by Crippen LogP contribution is -2.28. The molecule has 1 aliphatic carbocycles. The summed E-state index contributed by atoms with van der Waals surface area (Å²) in [6, 6.07) is 11.3. The average Bonchev–Trinajstić information content (AvgIpc) is 3.68. The number of pyridine rings is 2. The highest BCUT2D eigenvalue weighted by Gasteiger charge is 2.33. The number of fused-ring (bicyclic) bond motifs is 1. The van der Waals surface area contributed by atoms with Gasteiger partial charge in [-0.1, -0.05) is 0 Å². The first-order valence-corrected chi connectivity index (χ1v) is 13.2. The van der Waals surface area contributed by atoms with Crippen LogP contribution in [0.1, 0.15) is 56.4 Å². The minimum absolute atomic E-state index is 0.0494. The molecule has 1 atom stereocenters. The Balaban J connectivity index is 1.74. The second kappa shape index (κ2) is 8.95. The van der Waals surface area contributed by atoms with Gasteiger partial charge in [0.25, 0.3) is 5.56 Å². The van der Waals surface area contributed by atoms with Crippen LogP contribution in [-0.2, 0) is 22.5 Å². The van der Waals surface area contributed by atoms with Gasteiger partial charge in [-0.05, 0) is 93.5 Å². The number of ether oxygens (including phenoxy) is 2. The van der Waals surface area contributed by atoms with Crippen molar-refractivity contribution in [3.05, 3.63) is 69.6 Å². The Kier molecular flexibility index (Phi) is 5.80. The van der Waals surface area contributed by atoms with E-state index < -0.39 is 17.7 Å². The van der Waals surface area contributed by atoms with Gasteiger partial charge in [-0.3, -0.25) is 9.78 Å². The van der Waals surface area contributed by atoms with Crippen molar-refractivity contribution in [1.29, 1.82) is 0 Å². The van der Waals surface area contributed by atoms with Crippen LogP contribution in [0.4, 0.5) is 0 Å². The molecule has 1 unspecified atom stereocenters. The number of benzene rings is 2. The molecule has 0 amide bonds. The standard InChI is InChI=1S/C31H32N2O5/c1-17-15-22-20(8-10-24(34)33(22)16-18-5-6-18)27(25(17)29(30(35)36)38-31(2,3)4)21-7-9-23-26-19(12-14-37-23)11-13-32-28(21)26/h7-11,13,15,18,29H,5-6,12,14,16H2,1-4H3,(H,35,36). The van der Waals surface area contributed by atoms with E-state index in [1.54, 1.807) is 12.3 Å². The van der Waals surface area contributed by atoms with Gasteiger partial charge in [0.15, 0.2) is 6.10 Å². The van der Waals surface area contributed by atoms with Crippen molar-refractivity contribution >= 4 is 27.8 Å². The molecule has 2 aromatic heterocycles. The van der Waals surface area contributed by atoms with Crippen LogP contribution in [0.25, 0.3) is 32.9 Å². The Morgan fingerprint density at radius 2 is 2.00 bits per heavy atom. The van der Waals surface area contributed by atoms with Crippen LogP contribution in [-0.4, -0.2) is 32.8 Å². The minimum atomic E-state index is -1.21. The van der Waals surface area contributed by atoms with E-state index in [4.69, 9.17) is 14.5 Å². The molecule has 7 nitrogen and oxygen atoms in total. The number of carbonyl (C=O) groups is 1. The molecule has 7 heteroatoms. The van der Waals surface area contributed by atoms with Gasteiger partial charge in [0.2, 0.25) is 0 Å². The third kappa shape index (κ3) is 4.25. The molecule has 1 saturated carbocycles. The number of carboxylic acids is 1. The number of aromatic nitrogens is 2. The third-order valence-corrected chi connectivity index (χ3v) is 7.48. The zero-order valence-corrected chi connectivity index (χ0v) is 22.2. The first kappa shape index (κ1) is 24.6. The van der Waals surface area contributed by atoms with Crippen LogP contribution in [0.5, 0.6) is 5.75 Å². The van der Waals surface area contributed by atoms with Crippen molar-refractivity contribution in [2.75, 3.05) is 6.61 Å². The van der Waals surface area contributed by atoms with Crippen molar-refractivity contribution in [3.63, 3.8) is 0 Å². The van der Waals surface area contributed by atoms with Gasteiger partial charge in [-0.15, -0.1) is 0 Å². The first-order chi connectivity index (χ1) is 18.1. The van der Waals surface area contributed by atoms with E-state index in [0.717, 1.165) is 69.1 Å². The summed E-state index contributed by atoms with van der Waals surface area (Å²) in [5, 5.41) is 12.2. The largest absolute Gasteiger partial charge is 0.493 e. The van der Waals surface area contributed by atoms with Gasteiger partial charge in [0, 0.05) is 47.1 Å². The number of carboxylic acid groups (broad SMARTS) is 1. The molecule has 2 aliphatic rings. The van der Waals surface area contributed by atoms with Gasteiger partial charge < -0.3 is 19.1 Å². The van der Waals surface area contributed by atoms with Crippen LogP contribution in [0.2, 0.25) is 0 Å². The predicted octanol–water partition coefficient (Wildman–Crippen LogP) is 5.81. The first-order valence-electron chi connectivity index (χ1n) is 13.2. The highest BCUT2D eigenvalue weighted by Crippen LogP contribution is 2.45. The van der Waals surface area contributed by atoms with Gasteiger partial charge in [0.05, 0.1) is 23.2 Å². The monoisotopic (exact) mass is 512 g/mol. The molecule has 0 saturated heterocycles. The van der Waals surface area contributed by atoms with Crippen molar-refractivity contribution in [1.82, 2.24) is 9.55 Å². The molecule has 6 rings (SSSR count). The fourth-order valence-electron chi connectivity index (χ4n) is 5.65. The molecule has 38 heavy (non-hydrogen) atoms. The Hall–Kier alpha value is -3.71. The molecule has 1 N–H and O–H groups in total. The van der Waals surface area contributed by atoms with E-state index in [9.17, 15) is 14.7 Å². The fourth-order valence-corrected chi connectivity index (χ4v) is 5.65. The summed E-state index contributed by atoms with van der Waals surface area (Å²) in [7, 11) is 0. The molecule has 0 radical (unpaired) electrons. The van der Waals surface area contributed by atoms with Gasteiger partial charge in [0.1, 0.15) is 5.75 Å². The number of rotatable bonds is 6. The summed E-state index contributed by atoms with van der Waals surface area (Å²) in [6.45, 7) is 8.74. The topological polar surface area (TPSA) is 90.7 Å². The summed E-state index contributed by atoms with van der Waals surface area (Å²) in [4.78, 5) is 30.5. The molecule has 4 aromatic rings. The summed E-state index contributed by atoms with van der Waals surface area (Å²) in [5.74, 6) is 0.217. The zero-order chi connectivity index (χ0) is 26.8. The summed E-state index contributed by atoms with van der Waals surface area (Å²) in [6.07, 6.45) is 3.61. The number of aryl methyl sites for hydroxylation is 1. The van der Waals surface area contributed by atoms with E-state index in [2.05, 4.69) is 0 Å². The lowest BCUT2D eigenvalue weighted by molar-refractivity contribution is -0.160. The van der Waals surface area contributed by atoms with Crippen LogP contribution >= 0.6 is 0 Å². The molecule has 3 heterocycles. The maximum absolute atomic E-state index is 13.0. The van der Waals surface area contributed by atoms with Crippen molar-refractivity contribution < 1.29 is 19.4 Å². The number of aliphatic carboxylic acids is 1. The maximum atomic E-state index is 13.0. The van der Waals surface area contributed by atoms with Gasteiger partial charge in [-0.2, -0.15) is 0 Å². The van der Waals surface area contributed by atoms with Crippen LogP contribution in [0.3, 0.4) is 0 Å². The second-order valence-electron chi connectivity index (χ2n) is 11.5. The van der Waals surface area contributed by atoms with Gasteiger partial charge >= 0.3 is 5.97 Å². The maximum Gasteiger partial charge on any atom is 0.337 e. The molecule has 0 bridgehead atoms. The molecule has 0 spiro atoms. The lowest BCUT2D eigenvalue weighted by Gasteiger charge is -2.29. The van der Waals surface area contributed by atoms with E-state index in [1.165, 1.54) is 0 Å². The quantitative estimate of drug-likeness (QED) is 0.351. The molecule has 2 aromatic carbocycles. The molecular formula is C31H32N2O5. The van der Waals surface area contributed by atoms with Crippen LogP contribution in [0, 0.1) is 12.8 Å². The molecule has 1 aliphatic heterocycles. The number of nitrogens with zero attached hydrogens (tertiary/aromatic N) is 2. The van der Waals surface area contributed by atoms with E-state index in [1.807, 2.05) is 62.6 Å². The summed E-state index contributed by atoms with van der Waals surface area (Å²) < 4.78 is 14.0. The summed E-state index contributed by atoms with van der Waals surface area (Å²) >= 11 is 0. The minimum Gasteiger partial charge on any atom is -0.493 e. The van der Waals surface area contributed by atoms with E-state index >= 15 is 0 Å². The molecular weight excluding hydrogens is 480 g/mol. The Morgan fingerprint density at radius 1 is 1.21 bits per heavy atom. The SMILES string of the molecule is Cc1cc2c(ccc(=O)n2CC2CC2)c(-c2ccc3c4c(ccnc24)CCO3)c1C(OC(C)(C)C)C(=O)O. The third-order valence-electron chi connectivity index (χ3n) is 7.48. The zero-order valence-electron chi connectivity index (χ0n) is 22.2. The average molecular weight is 513 g/mol. The highest BCUT2D eigenvalue weighted by molar-refractivity contribution is 6.08.